The van der Waals surface area contributed by atoms with E-state index in [1.165, 1.54) is 0 Å². The third kappa shape index (κ3) is 2.65. The standard InChI is InChI=1S/C17H15NO4/c1-21-13-9-5-8-12(10-13)14-16(22-17(20)18-14)15(19)11-6-3-2-4-7-11/h2-10,14,16H,1H3,(H,18,20)/t14-,16+/m1/s1. The Bertz CT molecular complexity index is 699. The van der Waals surface area contributed by atoms with Crippen molar-refractivity contribution >= 4 is 11.9 Å². The van der Waals surface area contributed by atoms with E-state index in [2.05, 4.69) is 5.32 Å². The number of cyclic esters (lactones) is 1. The van der Waals surface area contributed by atoms with E-state index in [1.54, 1.807) is 43.5 Å². The molecule has 0 spiro atoms. The molecule has 0 unspecified atom stereocenters. The number of carbonyl (C=O) groups excluding carboxylic acids is 2. The zero-order chi connectivity index (χ0) is 15.5. The van der Waals surface area contributed by atoms with Gasteiger partial charge in [0.25, 0.3) is 0 Å². The third-order valence-electron chi connectivity index (χ3n) is 3.58. The van der Waals surface area contributed by atoms with Crippen LogP contribution in [0.4, 0.5) is 4.79 Å². The predicted molar refractivity (Wildman–Crippen MR) is 79.9 cm³/mol. The van der Waals surface area contributed by atoms with Gasteiger partial charge in [-0.3, -0.25) is 4.79 Å². The Kier molecular flexibility index (Phi) is 3.78. The largest absolute Gasteiger partial charge is 0.497 e. The first-order valence-electron chi connectivity index (χ1n) is 6.89. The van der Waals surface area contributed by atoms with Gasteiger partial charge in [-0.05, 0) is 17.7 Å². The highest BCUT2D eigenvalue weighted by molar-refractivity contribution is 6.02. The Morgan fingerprint density at radius 1 is 1.14 bits per heavy atom. The van der Waals surface area contributed by atoms with Crippen LogP contribution in [-0.2, 0) is 4.74 Å². The van der Waals surface area contributed by atoms with Gasteiger partial charge in [0, 0.05) is 5.56 Å². The molecule has 1 aliphatic heterocycles. The Hall–Kier alpha value is -2.82. The molecule has 0 aromatic heterocycles. The number of hydrogen-bond acceptors (Lipinski definition) is 4. The van der Waals surface area contributed by atoms with Crippen molar-refractivity contribution in [2.45, 2.75) is 12.1 Å². The molecule has 5 heteroatoms. The van der Waals surface area contributed by atoms with Gasteiger partial charge >= 0.3 is 6.09 Å². The van der Waals surface area contributed by atoms with Gasteiger partial charge in [0.2, 0.25) is 5.78 Å². The van der Waals surface area contributed by atoms with Gasteiger partial charge in [-0.25, -0.2) is 4.79 Å². The summed E-state index contributed by atoms with van der Waals surface area (Å²) in [6.07, 6.45) is -1.48. The first-order chi connectivity index (χ1) is 10.7. The van der Waals surface area contributed by atoms with Crippen LogP contribution >= 0.6 is 0 Å². The van der Waals surface area contributed by atoms with Gasteiger partial charge in [-0.1, -0.05) is 42.5 Å². The number of methoxy groups -OCH3 is 1. The summed E-state index contributed by atoms with van der Waals surface area (Å²) >= 11 is 0. The van der Waals surface area contributed by atoms with Crippen LogP contribution in [0.2, 0.25) is 0 Å². The lowest BCUT2D eigenvalue weighted by Gasteiger charge is -2.17. The van der Waals surface area contributed by atoms with E-state index in [9.17, 15) is 9.59 Å². The molecule has 2 atom stereocenters. The average Bonchev–Trinajstić information content (AvgIpc) is 2.97. The van der Waals surface area contributed by atoms with Gasteiger partial charge in [0.05, 0.1) is 7.11 Å². The molecule has 0 bridgehead atoms. The normalized spacial score (nSPS) is 20.1. The second-order valence-electron chi connectivity index (χ2n) is 4.95. The predicted octanol–water partition coefficient (Wildman–Crippen LogP) is 2.73. The molecule has 1 fully saturated rings. The van der Waals surface area contributed by atoms with E-state index in [-0.39, 0.29) is 5.78 Å². The van der Waals surface area contributed by atoms with Crippen molar-refractivity contribution in [3.63, 3.8) is 0 Å². The molecule has 112 valence electrons. The smallest absolute Gasteiger partial charge is 0.408 e. The first-order valence-corrected chi connectivity index (χ1v) is 6.89. The number of alkyl carbamates (subject to hydrolysis) is 1. The maximum Gasteiger partial charge on any atom is 0.408 e. The van der Waals surface area contributed by atoms with Gasteiger partial charge in [-0.15, -0.1) is 0 Å². The highest BCUT2D eigenvalue weighted by Crippen LogP contribution is 2.29. The Labute approximate surface area is 127 Å². The fraction of sp³-hybridized carbons (Fsp3) is 0.176. The summed E-state index contributed by atoms with van der Waals surface area (Å²) in [5, 5.41) is 2.68. The SMILES string of the molecule is COc1cccc([C@H]2NC(=O)O[C@@H]2C(=O)c2ccccc2)c1. The number of amides is 1. The second kappa shape index (κ2) is 5.89. The lowest BCUT2D eigenvalue weighted by Crippen LogP contribution is -2.29. The minimum absolute atomic E-state index is 0.230. The molecule has 2 aromatic rings. The van der Waals surface area contributed by atoms with E-state index >= 15 is 0 Å². The number of carbonyl (C=O) groups is 2. The highest BCUT2D eigenvalue weighted by atomic mass is 16.6. The number of nitrogens with one attached hydrogen (secondary N) is 1. The van der Waals surface area contributed by atoms with E-state index < -0.39 is 18.2 Å². The molecule has 3 rings (SSSR count). The van der Waals surface area contributed by atoms with Gasteiger partial charge < -0.3 is 14.8 Å². The monoisotopic (exact) mass is 297 g/mol. The Morgan fingerprint density at radius 2 is 1.91 bits per heavy atom. The summed E-state index contributed by atoms with van der Waals surface area (Å²) in [6.45, 7) is 0. The molecule has 1 aliphatic rings. The molecule has 1 amide bonds. The molecule has 0 saturated carbocycles. The van der Waals surface area contributed by atoms with E-state index in [0.717, 1.165) is 5.56 Å². The maximum absolute atomic E-state index is 12.6. The van der Waals surface area contributed by atoms with Crippen LogP contribution in [0.3, 0.4) is 0 Å². The molecule has 0 aliphatic carbocycles. The first kappa shape index (κ1) is 14.1. The zero-order valence-corrected chi connectivity index (χ0v) is 12.0. The fourth-order valence-corrected chi connectivity index (χ4v) is 2.48. The lowest BCUT2D eigenvalue weighted by molar-refractivity contribution is 0.0721. The van der Waals surface area contributed by atoms with Crippen molar-refractivity contribution in [1.29, 1.82) is 0 Å². The van der Waals surface area contributed by atoms with Gasteiger partial charge in [-0.2, -0.15) is 0 Å². The highest BCUT2D eigenvalue weighted by Gasteiger charge is 2.40. The van der Waals surface area contributed by atoms with Crippen molar-refractivity contribution in [2.24, 2.45) is 0 Å². The summed E-state index contributed by atoms with van der Waals surface area (Å²) in [6, 6.07) is 15.5. The quantitative estimate of drug-likeness (QED) is 0.881. The molecule has 0 radical (unpaired) electrons. The number of hydrogen-bond donors (Lipinski definition) is 1. The number of ether oxygens (including phenoxy) is 2. The molecule has 1 N–H and O–H groups in total. The van der Waals surface area contributed by atoms with Crippen molar-refractivity contribution in [1.82, 2.24) is 5.32 Å². The molecular formula is C17H15NO4. The summed E-state index contributed by atoms with van der Waals surface area (Å²) in [4.78, 5) is 24.2. The lowest BCUT2D eigenvalue weighted by atomic mass is 9.95. The molecule has 22 heavy (non-hydrogen) atoms. The summed E-state index contributed by atoms with van der Waals surface area (Å²) in [5.74, 6) is 0.427. The van der Waals surface area contributed by atoms with Crippen LogP contribution < -0.4 is 10.1 Å². The number of rotatable bonds is 4. The molecule has 1 saturated heterocycles. The van der Waals surface area contributed by atoms with Crippen LogP contribution in [0.25, 0.3) is 0 Å². The second-order valence-corrected chi connectivity index (χ2v) is 4.95. The van der Waals surface area contributed by atoms with Gasteiger partial charge in [0.1, 0.15) is 11.8 Å². The fourth-order valence-electron chi connectivity index (χ4n) is 2.48. The summed E-state index contributed by atoms with van der Waals surface area (Å²) in [5.41, 5.74) is 1.27. The molecular weight excluding hydrogens is 282 g/mol. The van der Waals surface area contributed by atoms with Crippen molar-refractivity contribution in [2.75, 3.05) is 7.11 Å². The van der Waals surface area contributed by atoms with Crippen LogP contribution in [0.5, 0.6) is 5.75 Å². The number of benzene rings is 2. The van der Waals surface area contributed by atoms with E-state index in [0.29, 0.717) is 11.3 Å². The maximum atomic E-state index is 12.6. The van der Waals surface area contributed by atoms with Crippen molar-refractivity contribution in [3.8, 4) is 5.75 Å². The number of Topliss-reactive ketones (excluding diaryl/α,β-unsaturated/α-hetero) is 1. The van der Waals surface area contributed by atoms with Crippen LogP contribution in [0.1, 0.15) is 22.0 Å². The van der Waals surface area contributed by atoms with Crippen LogP contribution in [-0.4, -0.2) is 25.1 Å². The minimum Gasteiger partial charge on any atom is -0.497 e. The van der Waals surface area contributed by atoms with Crippen LogP contribution in [0, 0.1) is 0 Å². The van der Waals surface area contributed by atoms with Crippen molar-refractivity contribution < 1.29 is 19.1 Å². The Balaban J connectivity index is 1.92. The molecule has 5 nitrogen and oxygen atoms in total. The third-order valence-corrected chi connectivity index (χ3v) is 3.58. The van der Waals surface area contributed by atoms with E-state index in [4.69, 9.17) is 9.47 Å². The Morgan fingerprint density at radius 3 is 2.64 bits per heavy atom. The zero-order valence-electron chi connectivity index (χ0n) is 12.0. The van der Waals surface area contributed by atoms with Gasteiger partial charge in [0.15, 0.2) is 6.10 Å². The van der Waals surface area contributed by atoms with E-state index in [1.807, 2.05) is 18.2 Å². The molecule has 1 heterocycles. The summed E-state index contributed by atoms with van der Waals surface area (Å²) in [7, 11) is 1.56. The number of ketones is 1. The summed E-state index contributed by atoms with van der Waals surface area (Å²) < 4.78 is 10.4. The van der Waals surface area contributed by atoms with Crippen molar-refractivity contribution in [3.05, 3.63) is 65.7 Å². The topological polar surface area (TPSA) is 64.6 Å². The average molecular weight is 297 g/mol. The van der Waals surface area contributed by atoms with Crippen LogP contribution in [0.15, 0.2) is 54.6 Å². The minimum atomic E-state index is -0.887. The molecule has 2 aromatic carbocycles.